The minimum absolute atomic E-state index is 0.0242. The first-order chi connectivity index (χ1) is 9.99. The molecular formula is C17H26N2O2. The Bertz CT molecular complexity index is 493. The van der Waals surface area contributed by atoms with Crippen molar-refractivity contribution in [2.24, 2.45) is 11.3 Å². The van der Waals surface area contributed by atoms with Crippen molar-refractivity contribution in [2.45, 2.75) is 33.2 Å². The summed E-state index contributed by atoms with van der Waals surface area (Å²) in [6.45, 7) is 7.95. The van der Waals surface area contributed by atoms with Gasteiger partial charge in [0.15, 0.2) is 0 Å². The summed E-state index contributed by atoms with van der Waals surface area (Å²) in [6.07, 6.45) is 0.904. The standard InChI is InChI=1S/C17H26N2O2/c1-12(2)17(8-9-18-11-17)16(20)19-13(3)14-6-5-7-15(10-14)21-4/h5-7,10,12-13,18H,8-9,11H2,1-4H3,(H,19,20). The smallest absolute Gasteiger partial charge is 0.228 e. The zero-order valence-electron chi connectivity index (χ0n) is 13.4. The molecule has 1 aromatic carbocycles. The molecule has 1 aliphatic rings. The van der Waals surface area contributed by atoms with Crippen LogP contribution in [0.5, 0.6) is 5.75 Å². The molecule has 1 saturated heterocycles. The van der Waals surface area contributed by atoms with Crippen LogP contribution < -0.4 is 15.4 Å². The van der Waals surface area contributed by atoms with Gasteiger partial charge < -0.3 is 15.4 Å². The van der Waals surface area contributed by atoms with Gasteiger partial charge >= 0.3 is 0 Å². The summed E-state index contributed by atoms with van der Waals surface area (Å²) in [5.74, 6) is 1.29. The molecule has 0 saturated carbocycles. The van der Waals surface area contributed by atoms with Crippen molar-refractivity contribution in [3.63, 3.8) is 0 Å². The molecule has 0 aromatic heterocycles. The predicted octanol–water partition coefficient (Wildman–Crippen LogP) is 2.51. The van der Waals surface area contributed by atoms with Gasteiger partial charge in [0.2, 0.25) is 5.91 Å². The number of benzene rings is 1. The van der Waals surface area contributed by atoms with E-state index in [0.29, 0.717) is 5.92 Å². The molecule has 4 nitrogen and oxygen atoms in total. The second-order valence-electron chi connectivity index (χ2n) is 6.21. The summed E-state index contributed by atoms with van der Waals surface area (Å²) in [5.41, 5.74) is 0.778. The van der Waals surface area contributed by atoms with Crippen LogP contribution in [-0.2, 0) is 4.79 Å². The van der Waals surface area contributed by atoms with Crippen LogP contribution >= 0.6 is 0 Å². The normalized spacial score (nSPS) is 23.1. The Morgan fingerprint density at radius 2 is 2.14 bits per heavy atom. The fraction of sp³-hybridized carbons (Fsp3) is 0.588. The van der Waals surface area contributed by atoms with Crippen molar-refractivity contribution >= 4 is 5.91 Å². The van der Waals surface area contributed by atoms with E-state index < -0.39 is 0 Å². The zero-order chi connectivity index (χ0) is 15.5. The topological polar surface area (TPSA) is 50.4 Å². The van der Waals surface area contributed by atoms with E-state index in [0.717, 1.165) is 30.8 Å². The van der Waals surface area contributed by atoms with Crippen molar-refractivity contribution in [2.75, 3.05) is 20.2 Å². The Labute approximate surface area is 127 Å². The van der Waals surface area contributed by atoms with Crippen LogP contribution in [0.2, 0.25) is 0 Å². The maximum atomic E-state index is 12.8. The van der Waals surface area contributed by atoms with Crippen molar-refractivity contribution in [3.8, 4) is 5.75 Å². The Morgan fingerprint density at radius 1 is 1.38 bits per heavy atom. The van der Waals surface area contributed by atoms with Crippen LogP contribution in [0.15, 0.2) is 24.3 Å². The average molecular weight is 290 g/mol. The van der Waals surface area contributed by atoms with E-state index in [1.54, 1.807) is 7.11 Å². The maximum absolute atomic E-state index is 12.8. The highest BCUT2D eigenvalue weighted by Gasteiger charge is 2.44. The molecule has 1 aromatic rings. The lowest BCUT2D eigenvalue weighted by atomic mass is 9.75. The highest BCUT2D eigenvalue weighted by Crippen LogP contribution is 2.35. The number of carbonyl (C=O) groups excluding carboxylic acids is 1. The predicted molar refractivity (Wildman–Crippen MR) is 84.3 cm³/mol. The number of ether oxygens (including phenoxy) is 1. The van der Waals surface area contributed by atoms with E-state index >= 15 is 0 Å². The van der Waals surface area contributed by atoms with Gasteiger partial charge in [-0.2, -0.15) is 0 Å². The third-order valence-corrected chi connectivity index (χ3v) is 4.69. The van der Waals surface area contributed by atoms with E-state index in [-0.39, 0.29) is 17.4 Å². The average Bonchev–Trinajstić information content (AvgIpc) is 2.98. The molecule has 2 N–H and O–H groups in total. The molecule has 0 spiro atoms. The Kier molecular flexibility index (Phi) is 4.88. The molecule has 2 atom stereocenters. The van der Waals surface area contributed by atoms with Gasteiger partial charge in [0, 0.05) is 6.54 Å². The van der Waals surface area contributed by atoms with Crippen molar-refractivity contribution in [1.82, 2.24) is 10.6 Å². The lowest BCUT2D eigenvalue weighted by molar-refractivity contribution is -0.133. The summed E-state index contributed by atoms with van der Waals surface area (Å²) in [7, 11) is 1.65. The van der Waals surface area contributed by atoms with Crippen LogP contribution in [0.1, 0.15) is 38.8 Å². The van der Waals surface area contributed by atoms with Gasteiger partial charge in [0.1, 0.15) is 5.75 Å². The number of rotatable bonds is 5. The second kappa shape index (κ2) is 6.48. The number of hydrogen-bond donors (Lipinski definition) is 2. The van der Waals surface area contributed by atoms with Crippen LogP contribution in [0, 0.1) is 11.3 Å². The van der Waals surface area contributed by atoms with Crippen LogP contribution in [0.3, 0.4) is 0 Å². The van der Waals surface area contributed by atoms with Gasteiger partial charge in [-0.25, -0.2) is 0 Å². The van der Waals surface area contributed by atoms with Crippen LogP contribution in [0.25, 0.3) is 0 Å². The van der Waals surface area contributed by atoms with E-state index in [2.05, 4.69) is 24.5 Å². The minimum atomic E-state index is -0.285. The molecule has 1 aliphatic heterocycles. The van der Waals surface area contributed by atoms with Crippen molar-refractivity contribution < 1.29 is 9.53 Å². The van der Waals surface area contributed by atoms with Gasteiger partial charge in [-0.3, -0.25) is 4.79 Å². The Morgan fingerprint density at radius 3 is 2.71 bits per heavy atom. The summed E-state index contributed by atoms with van der Waals surface area (Å²) in [4.78, 5) is 12.8. The van der Waals surface area contributed by atoms with E-state index in [9.17, 15) is 4.79 Å². The molecule has 1 fully saturated rings. The SMILES string of the molecule is COc1cccc(C(C)NC(=O)C2(C(C)C)CCNC2)c1. The first-order valence-corrected chi connectivity index (χ1v) is 7.65. The van der Waals surface area contributed by atoms with E-state index in [4.69, 9.17) is 4.74 Å². The van der Waals surface area contributed by atoms with Gasteiger partial charge in [0.05, 0.1) is 18.6 Å². The van der Waals surface area contributed by atoms with Gasteiger partial charge in [0.25, 0.3) is 0 Å². The number of nitrogens with one attached hydrogen (secondary N) is 2. The number of hydrogen-bond acceptors (Lipinski definition) is 3. The van der Waals surface area contributed by atoms with Gasteiger partial charge in [-0.15, -0.1) is 0 Å². The fourth-order valence-electron chi connectivity index (χ4n) is 2.99. The monoisotopic (exact) mass is 290 g/mol. The molecule has 1 heterocycles. The minimum Gasteiger partial charge on any atom is -0.497 e. The first kappa shape index (κ1) is 15.8. The molecule has 4 heteroatoms. The highest BCUT2D eigenvalue weighted by atomic mass is 16.5. The molecule has 0 aliphatic carbocycles. The quantitative estimate of drug-likeness (QED) is 0.876. The Balaban J connectivity index is 2.10. The maximum Gasteiger partial charge on any atom is 0.228 e. The number of amides is 1. The largest absolute Gasteiger partial charge is 0.497 e. The van der Waals surface area contributed by atoms with E-state index in [1.165, 1.54) is 0 Å². The molecule has 21 heavy (non-hydrogen) atoms. The summed E-state index contributed by atoms with van der Waals surface area (Å²) in [6, 6.07) is 7.83. The summed E-state index contributed by atoms with van der Waals surface area (Å²) < 4.78 is 5.25. The van der Waals surface area contributed by atoms with Crippen LogP contribution in [-0.4, -0.2) is 26.1 Å². The van der Waals surface area contributed by atoms with Crippen molar-refractivity contribution in [3.05, 3.63) is 29.8 Å². The number of carbonyl (C=O) groups is 1. The lowest BCUT2D eigenvalue weighted by Crippen LogP contribution is -2.46. The highest BCUT2D eigenvalue weighted by molar-refractivity contribution is 5.84. The Hall–Kier alpha value is -1.55. The first-order valence-electron chi connectivity index (χ1n) is 7.65. The van der Waals surface area contributed by atoms with Crippen LogP contribution in [0.4, 0.5) is 0 Å². The number of methoxy groups -OCH3 is 1. The molecule has 116 valence electrons. The fourth-order valence-corrected chi connectivity index (χ4v) is 2.99. The molecule has 2 rings (SSSR count). The van der Waals surface area contributed by atoms with Gasteiger partial charge in [-0.05, 0) is 43.5 Å². The zero-order valence-corrected chi connectivity index (χ0v) is 13.4. The molecule has 2 unspecified atom stereocenters. The molecule has 0 bridgehead atoms. The molecule has 1 amide bonds. The summed E-state index contributed by atoms with van der Waals surface area (Å²) in [5, 5.41) is 6.50. The third kappa shape index (κ3) is 3.21. The van der Waals surface area contributed by atoms with Crippen molar-refractivity contribution in [1.29, 1.82) is 0 Å². The summed E-state index contributed by atoms with van der Waals surface area (Å²) >= 11 is 0. The lowest BCUT2D eigenvalue weighted by Gasteiger charge is -2.32. The third-order valence-electron chi connectivity index (χ3n) is 4.69. The molecule has 0 radical (unpaired) electrons. The van der Waals surface area contributed by atoms with E-state index in [1.807, 2.05) is 31.2 Å². The second-order valence-corrected chi connectivity index (χ2v) is 6.21. The van der Waals surface area contributed by atoms with Gasteiger partial charge in [-0.1, -0.05) is 26.0 Å². The molecular weight excluding hydrogens is 264 g/mol.